The number of aliphatic hydroxyl groups excluding tert-OH is 1. The molecule has 1 aromatic carbocycles. The van der Waals surface area contributed by atoms with Crippen LogP contribution in [-0.4, -0.2) is 101 Å². The predicted octanol–water partition coefficient (Wildman–Crippen LogP) is 4.75. The lowest BCUT2D eigenvalue weighted by Gasteiger charge is -2.36. The predicted molar refractivity (Wildman–Crippen MR) is 181 cm³/mol. The highest BCUT2D eigenvalue weighted by molar-refractivity contribution is 7.10. The molecule has 264 valence electrons. The van der Waals surface area contributed by atoms with Gasteiger partial charge in [0.15, 0.2) is 0 Å². The SMILES string of the molecule is CC(C(=O)NC(C(=O)N1CCC[C@H]1c1nc(C(=O)c2cccc(OCCOCCO)c2)cs1)C1CCCCC1)N(C)C(=O)OC(C)(C)C. The number of hydrogen-bond acceptors (Lipinski definition) is 10. The average molecular weight is 687 g/mol. The maximum atomic E-state index is 14.3. The Morgan fingerprint density at radius 2 is 1.83 bits per heavy atom. The standard InChI is InChI=1S/C35H50N4O8S/c1-23(38(5)34(44)47-35(2,3)4)31(42)37-29(24-11-7-6-8-12-24)33(43)39-16-10-15-28(39)32-36-27(22-48-32)30(41)25-13-9-14-26(21-25)46-20-19-45-18-17-40/h9,13-14,21-24,28-29,40H,6-8,10-12,15-20H2,1-5H3,(H,37,42)/t23?,28-,29?/m0/s1. The number of nitrogens with zero attached hydrogens (tertiary/aromatic N) is 3. The van der Waals surface area contributed by atoms with Gasteiger partial charge in [-0.2, -0.15) is 0 Å². The van der Waals surface area contributed by atoms with Gasteiger partial charge in [0.25, 0.3) is 0 Å². The van der Waals surface area contributed by atoms with Crippen LogP contribution in [0.4, 0.5) is 4.79 Å². The highest BCUT2D eigenvalue weighted by Gasteiger charge is 2.41. The molecule has 3 amide bonds. The number of carbonyl (C=O) groups is 4. The van der Waals surface area contributed by atoms with Crippen LogP contribution in [0.1, 0.15) is 99.7 Å². The molecule has 2 heterocycles. The number of aromatic nitrogens is 1. The lowest BCUT2D eigenvalue weighted by Crippen LogP contribution is -2.56. The van der Waals surface area contributed by atoms with Crippen molar-refractivity contribution in [2.75, 3.05) is 40.0 Å². The quantitative estimate of drug-likeness (QED) is 0.212. The summed E-state index contributed by atoms with van der Waals surface area (Å²) in [5.41, 5.74) is 0.0298. The molecule has 2 aliphatic rings. The van der Waals surface area contributed by atoms with Gasteiger partial charge in [0.1, 0.15) is 40.7 Å². The number of aliphatic hydroxyl groups is 1. The maximum Gasteiger partial charge on any atom is 0.410 e. The molecule has 1 saturated carbocycles. The molecular formula is C35H50N4O8S. The Hall–Kier alpha value is -3.55. The van der Waals surface area contributed by atoms with E-state index in [1.807, 2.05) is 4.90 Å². The maximum absolute atomic E-state index is 14.3. The molecule has 0 radical (unpaired) electrons. The monoisotopic (exact) mass is 686 g/mol. The molecule has 2 unspecified atom stereocenters. The third-order valence-electron chi connectivity index (χ3n) is 8.73. The van der Waals surface area contributed by atoms with Crippen molar-refractivity contribution in [2.45, 2.75) is 96.4 Å². The van der Waals surface area contributed by atoms with Gasteiger partial charge in [-0.15, -0.1) is 11.3 Å². The van der Waals surface area contributed by atoms with Crippen molar-refractivity contribution in [3.8, 4) is 5.75 Å². The second-order valence-corrected chi connectivity index (χ2v) is 14.3. The van der Waals surface area contributed by atoms with Crippen LogP contribution in [0.3, 0.4) is 0 Å². The van der Waals surface area contributed by atoms with Gasteiger partial charge in [-0.3, -0.25) is 19.3 Å². The summed E-state index contributed by atoms with van der Waals surface area (Å²) >= 11 is 1.35. The molecule has 2 fully saturated rings. The summed E-state index contributed by atoms with van der Waals surface area (Å²) in [7, 11) is 1.52. The normalized spacial score (nSPS) is 18.2. The molecule has 1 saturated heterocycles. The molecule has 12 nitrogen and oxygen atoms in total. The van der Waals surface area contributed by atoms with Crippen LogP contribution >= 0.6 is 11.3 Å². The van der Waals surface area contributed by atoms with Gasteiger partial charge >= 0.3 is 6.09 Å². The summed E-state index contributed by atoms with van der Waals surface area (Å²) in [4.78, 5) is 61.7. The molecule has 48 heavy (non-hydrogen) atoms. The van der Waals surface area contributed by atoms with Crippen molar-refractivity contribution in [3.63, 3.8) is 0 Å². The first kappa shape index (κ1) is 37.3. The number of likely N-dealkylation sites (tertiary alicyclic amines) is 1. The van der Waals surface area contributed by atoms with E-state index in [9.17, 15) is 19.2 Å². The van der Waals surface area contributed by atoms with E-state index < -0.39 is 29.7 Å². The Morgan fingerprint density at radius 1 is 1.08 bits per heavy atom. The molecule has 0 bridgehead atoms. The fraction of sp³-hybridized carbons (Fsp3) is 0.629. The van der Waals surface area contributed by atoms with Crippen molar-refractivity contribution in [1.29, 1.82) is 0 Å². The molecule has 2 aromatic rings. The first-order valence-corrected chi connectivity index (χ1v) is 17.8. The number of nitrogens with one attached hydrogen (secondary N) is 1. The average Bonchev–Trinajstić information content (AvgIpc) is 3.76. The van der Waals surface area contributed by atoms with E-state index in [4.69, 9.17) is 24.3 Å². The number of rotatable bonds is 14. The number of benzene rings is 1. The third kappa shape index (κ3) is 9.99. The zero-order valence-electron chi connectivity index (χ0n) is 28.7. The highest BCUT2D eigenvalue weighted by atomic mass is 32.1. The zero-order chi connectivity index (χ0) is 34.8. The van der Waals surface area contributed by atoms with Crippen LogP contribution in [0.5, 0.6) is 5.75 Å². The fourth-order valence-electron chi connectivity index (χ4n) is 6.06. The van der Waals surface area contributed by atoms with E-state index >= 15 is 0 Å². The smallest absolute Gasteiger partial charge is 0.410 e. The fourth-order valence-corrected chi connectivity index (χ4v) is 7.01. The Morgan fingerprint density at radius 3 is 2.54 bits per heavy atom. The van der Waals surface area contributed by atoms with Crippen LogP contribution < -0.4 is 10.1 Å². The van der Waals surface area contributed by atoms with Gasteiger partial charge in [-0.25, -0.2) is 9.78 Å². The topological polar surface area (TPSA) is 148 Å². The summed E-state index contributed by atoms with van der Waals surface area (Å²) in [6, 6.07) is 5.00. The van der Waals surface area contributed by atoms with Crippen molar-refractivity contribution >= 4 is 35.0 Å². The van der Waals surface area contributed by atoms with Gasteiger partial charge < -0.3 is 29.5 Å². The summed E-state index contributed by atoms with van der Waals surface area (Å²) in [6.45, 7) is 8.24. The largest absolute Gasteiger partial charge is 0.491 e. The van der Waals surface area contributed by atoms with Crippen molar-refractivity contribution in [3.05, 3.63) is 45.9 Å². The molecule has 3 atom stereocenters. The van der Waals surface area contributed by atoms with Crippen molar-refractivity contribution in [2.24, 2.45) is 5.92 Å². The van der Waals surface area contributed by atoms with E-state index in [1.54, 1.807) is 57.3 Å². The summed E-state index contributed by atoms with van der Waals surface area (Å²) < 4.78 is 16.4. The van der Waals surface area contributed by atoms with E-state index in [1.165, 1.54) is 23.3 Å². The summed E-state index contributed by atoms with van der Waals surface area (Å²) in [5.74, 6) is -0.292. The third-order valence-corrected chi connectivity index (χ3v) is 9.68. The van der Waals surface area contributed by atoms with Crippen molar-refractivity contribution in [1.82, 2.24) is 20.1 Å². The van der Waals surface area contributed by atoms with E-state index in [-0.39, 0.29) is 43.5 Å². The minimum atomic E-state index is -0.843. The Bertz CT molecular complexity index is 1400. The van der Waals surface area contributed by atoms with E-state index in [0.717, 1.165) is 38.5 Å². The zero-order valence-corrected chi connectivity index (χ0v) is 29.6. The molecule has 13 heteroatoms. The van der Waals surface area contributed by atoms with Crippen molar-refractivity contribution < 1.29 is 38.5 Å². The van der Waals surface area contributed by atoms with Gasteiger partial charge in [-0.05, 0) is 71.4 Å². The molecule has 1 aliphatic carbocycles. The summed E-state index contributed by atoms with van der Waals surface area (Å²) in [5, 5.41) is 14.3. The van der Waals surface area contributed by atoms with Gasteiger partial charge in [0, 0.05) is 24.5 Å². The number of ether oxygens (including phenoxy) is 3. The number of amides is 3. The Balaban J connectivity index is 1.46. The van der Waals surface area contributed by atoms with Crippen LogP contribution in [0.2, 0.25) is 0 Å². The second-order valence-electron chi connectivity index (χ2n) is 13.5. The molecule has 2 N–H and O–H groups in total. The lowest BCUT2D eigenvalue weighted by atomic mass is 9.83. The molecule has 4 rings (SSSR count). The molecule has 1 aromatic heterocycles. The number of ketones is 1. The van der Waals surface area contributed by atoms with Gasteiger partial charge in [-0.1, -0.05) is 31.4 Å². The summed E-state index contributed by atoms with van der Waals surface area (Å²) in [6.07, 6.45) is 5.62. The van der Waals surface area contributed by atoms with Gasteiger partial charge in [0.05, 0.1) is 25.9 Å². The lowest BCUT2D eigenvalue weighted by molar-refractivity contribution is -0.140. The number of carbonyl (C=O) groups excluding carboxylic acids is 4. The van der Waals surface area contributed by atoms with Crippen LogP contribution in [-0.2, 0) is 19.1 Å². The van der Waals surface area contributed by atoms with Crippen LogP contribution in [0, 0.1) is 5.92 Å². The second kappa shape index (κ2) is 17.2. The highest BCUT2D eigenvalue weighted by Crippen LogP contribution is 2.36. The Labute approximate surface area is 287 Å². The first-order valence-electron chi connectivity index (χ1n) is 16.9. The number of thiazole rings is 1. The van der Waals surface area contributed by atoms with E-state index in [0.29, 0.717) is 41.6 Å². The van der Waals surface area contributed by atoms with E-state index in [2.05, 4.69) is 5.32 Å². The minimum Gasteiger partial charge on any atom is -0.491 e. The molecule has 0 spiro atoms. The van der Waals surface area contributed by atoms with Crippen LogP contribution in [0.25, 0.3) is 0 Å². The van der Waals surface area contributed by atoms with Gasteiger partial charge in [0.2, 0.25) is 17.6 Å². The molecule has 1 aliphatic heterocycles. The molecular weight excluding hydrogens is 636 g/mol. The van der Waals surface area contributed by atoms with Crippen LogP contribution in [0.15, 0.2) is 29.6 Å². The number of likely N-dealkylation sites (N-methyl/N-ethyl adjacent to an activating group) is 1. The minimum absolute atomic E-state index is 0.0142. The first-order chi connectivity index (χ1) is 22.9. The Kier molecular flexibility index (Phi) is 13.4. The number of hydrogen-bond donors (Lipinski definition) is 2.